The molecule has 0 aliphatic carbocycles. The van der Waals surface area contributed by atoms with Crippen molar-refractivity contribution in [3.05, 3.63) is 0 Å². The van der Waals surface area contributed by atoms with Crippen molar-refractivity contribution in [2.45, 2.75) is 25.6 Å². The summed E-state index contributed by atoms with van der Waals surface area (Å²) in [4.78, 5) is 11.0. The van der Waals surface area contributed by atoms with Crippen LogP contribution in [0, 0.1) is 0 Å². The minimum absolute atomic E-state index is 0.168. The number of halogens is 1. The van der Waals surface area contributed by atoms with Gasteiger partial charge in [0.2, 0.25) is 5.79 Å². The van der Waals surface area contributed by atoms with Crippen LogP contribution in [0.5, 0.6) is 0 Å². The molecule has 14 heavy (non-hydrogen) atoms. The Balaban J connectivity index is 2.46. The van der Waals surface area contributed by atoms with Gasteiger partial charge in [-0.25, -0.2) is 0 Å². The summed E-state index contributed by atoms with van der Waals surface area (Å²) in [7, 11) is 0. The molecule has 1 atom stereocenters. The van der Waals surface area contributed by atoms with E-state index in [0.29, 0.717) is 13.2 Å². The second-order valence-electron chi connectivity index (χ2n) is 3.35. The number of esters is 1. The van der Waals surface area contributed by atoms with Gasteiger partial charge in [0.15, 0.2) is 0 Å². The van der Waals surface area contributed by atoms with Crippen molar-refractivity contribution >= 4 is 17.6 Å². The molecule has 1 rings (SSSR count). The molecule has 5 heteroatoms. The third-order valence-corrected chi connectivity index (χ3v) is 2.11. The highest BCUT2D eigenvalue weighted by Crippen LogP contribution is 2.17. The van der Waals surface area contributed by atoms with Crippen molar-refractivity contribution in [1.82, 2.24) is 0 Å². The van der Waals surface area contributed by atoms with E-state index in [2.05, 4.69) is 0 Å². The van der Waals surface area contributed by atoms with Gasteiger partial charge in [0, 0.05) is 13.5 Å². The Morgan fingerprint density at radius 2 is 2.21 bits per heavy atom. The van der Waals surface area contributed by atoms with E-state index >= 15 is 0 Å². The Hall–Kier alpha value is -0.320. The molecule has 0 aromatic heterocycles. The maximum absolute atomic E-state index is 11.0. The molecule has 82 valence electrons. The predicted octanol–water partition coefficient (Wildman–Crippen LogP) is 1.31. The summed E-state index contributed by atoms with van der Waals surface area (Å²) >= 11 is 5.34. The van der Waals surface area contributed by atoms with Gasteiger partial charge in [-0.2, -0.15) is 0 Å². The highest BCUT2D eigenvalue weighted by Gasteiger charge is 2.30. The lowest BCUT2D eigenvalue weighted by Crippen LogP contribution is -2.41. The van der Waals surface area contributed by atoms with Gasteiger partial charge in [0.05, 0.1) is 6.61 Å². The highest BCUT2D eigenvalue weighted by atomic mass is 35.5. The largest absolute Gasteiger partial charge is 0.430 e. The molecule has 0 amide bonds. The molecule has 0 saturated carbocycles. The van der Waals surface area contributed by atoms with Crippen molar-refractivity contribution in [1.29, 1.82) is 0 Å². The number of carbonyl (C=O) groups is 1. The van der Waals surface area contributed by atoms with E-state index in [1.807, 2.05) is 0 Å². The molecule has 1 unspecified atom stereocenters. The maximum Gasteiger partial charge on any atom is 0.323 e. The van der Waals surface area contributed by atoms with Gasteiger partial charge in [-0.1, -0.05) is 0 Å². The Kier molecular flexibility index (Phi) is 4.65. The second-order valence-corrected chi connectivity index (χ2v) is 3.62. The van der Waals surface area contributed by atoms with Crippen LogP contribution in [-0.2, 0) is 19.0 Å². The predicted molar refractivity (Wildman–Crippen MR) is 51.2 cm³/mol. The quantitative estimate of drug-likeness (QED) is 0.522. The van der Waals surface area contributed by atoms with Crippen LogP contribution in [0.15, 0.2) is 0 Å². The molecule has 4 nitrogen and oxygen atoms in total. The molecule has 0 radical (unpaired) electrons. The fraction of sp³-hybridized carbons (Fsp3) is 0.889. The molecular formula is C9H15ClO4. The van der Waals surface area contributed by atoms with Crippen LogP contribution < -0.4 is 0 Å². The molecule has 1 aliphatic heterocycles. The van der Waals surface area contributed by atoms with Gasteiger partial charge in [-0.3, -0.25) is 4.79 Å². The first kappa shape index (κ1) is 11.8. The molecule has 0 N–H and O–H groups in total. The van der Waals surface area contributed by atoms with Crippen LogP contribution in [-0.4, -0.2) is 37.5 Å². The van der Waals surface area contributed by atoms with Crippen LogP contribution >= 0.6 is 11.6 Å². The Morgan fingerprint density at radius 1 is 1.50 bits per heavy atom. The Bertz CT molecular complexity index is 187. The standard InChI is InChI=1S/C9H15ClO4/c1-9(14-8(11)6-10)7-12-4-2-3-5-13-9/h2-7H2,1H3. The molecule has 1 heterocycles. The molecule has 1 aliphatic rings. The Morgan fingerprint density at radius 3 is 2.93 bits per heavy atom. The van der Waals surface area contributed by atoms with Crippen LogP contribution in [0.2, 0.25) is 0 Å². The molecule has 1 saturated heterocycles. The van der Waals surface area contributed by atoms with Gasteiger partial charge in [-0.05, 0) is 12.8 Å². The summed E-state index contributed by atoms with van der Waals surface area (Å²) in [5.41, 5.74) is 0. The first-order valence-electron chi connectivity index (χ1n) is 4.66. The monoisotopic (exact) mass is 222 g/mol. The molecular weight excluding hydrogens is 208 g/mol. The molecule has 1 fully saturated rings. The average molecular weight is 223 g/mol. The van der Waals surface area contributed by atoms with Crippen molar-refractivity contribution in [3.8, 4) is 0 Å². The maximum atomic E-state index is 11.0. The number of hydrogen-bond acceptors (Lipinski definition) is 4. The van der Waals surface area contributed by atoms with E-state index in [-0.39, 0.29) is 12.5 Å². The third kappa shape index (κ3) is 3.82. The number of hydrogen-bond donors (Lipinski definition) is 0. The zero-order valence-corrected chi connectivity index (χ0v) is 9.01. The SMILES string of the molecule is CC1(OC(=O)CCl)COCCCCO1. The summed E-state index contributed by atoms with van der Waals surface area (Å²) in [5.74, 6) is -1.64. The second kappa shape index (κ2) is 5.53. The first-order chi connectivity index (χ1) is 6.66. The molecule has 0 aromatic carbocycles. The minimum atomic E-state index is -0.980. The van der Waals surface area contributed by atoms with Gasteiger partial charge in [0.1, 0.15) is 12.5 Å². The highest BCUT2D eigenvalue weighted by molar-refractivity contribution is 6.26. The van der Waals surface area contributed by atoms with Crippen LogP contribution in [0.1, 0.15) is 19.8 Å². The van der Waals surface area contributed by atoms with Crippen LogP contribution in [0.25, 0.3) is 0 Å². The average Bonchev–Trinajstić information content (AvgIpc) is 2.12. The van der Waals surface area contributed by atoms with Gasteiger partial charge >= 0.3 is 5.97 Å². The van der Waals surface area contributed by atoms with E-state index < -0.39 is 11.8 Å². The summed E-state index contributed by atoms with van der Waals surface area (Å²) in [6, 6.07) is 0. The molecule has 0 aromatic rings. The first-order valence-corrected chi connectivity index (χ1v) is 5.19. The lowest BCUT2D eigenvalue weighted by Gasteiger charge is -2.30. The summed E-state index contributed by atoms with van der Waals surface area (Å²) in [6.45, 7) is 3.20. The van der Waals surface area contributed by atoms with E-state index in [1.54, 1.807) is 6.92 Å². The van der Waals surface area contributed by atoms with Crippen molar-refractivity contribution in [2.24, 2.45) is 0 Å². The number of alkyl halides is 1. The van der Waals surface area contributed by atoms with E-state index in [0.717, 1.165) is 12.8 Å². The van der Waals surface area contributed by atoms with Crippen molar-refractivity contribution < 1.29 is 19.0 Å². The van der Waals surface area contributed by atoms with E-state index in [1.165, 1.54) is 0 Å². The lowest BCUT2D eigenvalue weighted by molar-refractivity contribution is -0.246. The van der Waals surface area contributed by atoms with Crippen LogP contribution in [0.4, 0.5) is 0 Å². The lowest BCUT2D eigenvalue weighted by atomic mass is 10.3. The minimum Gasteiger partial charge on any atom is -0.430 e. The topological polar surface area (TPSA) is 44.8 Å². The summed E-state index contributed by atoms with van der Waals surface area (Å²) < 4.78 is 15.8. The Labute approximate surface area is 88.5 Å². The van der Waals surface area contributed by atoms with Crippen molar-refractivity contribution in [3.63, 3.8) is 0 Å². The number of carbonyl (C=O) groups excluding carboxylic acids is 1. The fourth-order valence-electron chi connectivity index (χ4n) is 1.22. The summed E-state index contributed by atoms with van der Waals surface area (Å²) in [5, 5.41) is 0. The van der Waals surface area contributed by atoms with Gasteiger partial charge in [-0.15, -0.1) is 11.6 Å². The zero-order chi connectivity index (χ0) is 10.4. The summed E-state index contributed by atoms with van der Waals surface area (Å²) in [6.07, 6.45) is 1.88. The number of ether oxygens (including phenoxy) is 3. The molecule has 0 bridgehead atoms. The zero-order valence-electron chi connectivity index (χ0n) is 8.25. The third-order valence-electron chi connectivity index (χ3n) is 1.89. The van der Waals surface area contributed by atoms with Crippen LogP contribution in [0.3, 0.4) is 0 Å². The van der Waals surface area contributed by atoms with Gasteiger partial charge in [0.25, 0.3) is 0 Å². The van der Waals surface area contributed by atoms with Gasteiger partial charge < -0.3 is 14.2 Å². The van der Waals surface area contributed by atoms with Crippen molar-refractivity contribution in [2.75, 3.05) is 25.7 Å². The number of rotatable bonds is 2. The van der Waals surface area contributed by atoms with E-state index in [9.17, 15) is 4.79 Å². The molecule has 0 spiro atoms. The smallest absolute Gasteiger partial charge is 0.323 e. The normalized spacial score (nSPS) is 29.0. The van der Waals surface area contributed by atoms with E-state index in [4.69, 9.17) is 25.8 Å². The fourth-order valence-corrected chi connectivity index (χ4v) is 1.28.